The predicted molar refractivity (Wildman–Crippen MR) is 219 cm³/mol. The van der Waals surface area contributed by atoms with E-state index in [-0.39, 0.29) is 31.1 Å². The fourth-order valence-electron chi connectivity index (χ4n) is 6.36. The summed E-state index contributed by atoms with van der Waals surface area (Å²) in [4.78, 5) is 37.6. The molecule has 0 amide bonds. The number of carbonyl (C=O) groups excluding carboxylic acids is 3. The van der Waals surface area contributed by atoms with Crippen LogP contribution < -0.4 is 0 Å². The minimum atomic E-state index is -0.774. The van der Waals surface area contributed by atoms with E-state index in [1.54, 1.807) is 0 Å². The maximum absolute atomic E-state index is 12.6. The molecule has 0 aliphatic carbocycles. The SMILES string of the molecule is CC/C=C\C/C=C\CCCCC(=O)OCC(COC(=O)CCCCCCCCCCCCCCCCC)OC(=O)CCCCCCCCCCCC. The molecule has 0 saturated heterocycles. The highest BCUT2D eigenvalue weighted by molar-refractivity contribution is 5.71. The van der Waals surface area contributed by atoms with Crippen molar-refractivity contribution in [2.45, 2.75) is 239 Å². The van der Waals surface area contributed by atoms with Crippen molar-refractivity contribution in [2.24, 2.45) is 0 Å². The first kappa shape index (κ1) is 49.9. The third-order valence-electron chi connectivity index (χ3n) is 9.72. The van der Waals surface area contributed by atoms with Gasteiger partial charge in [0, 0.05) is 19.3 Å². The minimum absolute atomic E-state index is 0.0775. The Labute approximate surface area is 322 Å². The van der Waals surface area contributed by atoms with Crippen molar-refractivity contribution >= 4 is 17.9 Å². The summed E-state index contributed by atoms with van der Waals surface area (Å²) >= 11 is 0. The molecule has 1 unspecified atom stereocenters. The molecule has 6 heteroatoms. The fraction of sp³-hybridized carbons (Fsp3) is 0.848. The van der Waals surface area contributed by atoms with E-state index in [1.807, 2.05) is 0 Å². The molecule has 6 nitrogen and oxygen atoms in total. The van der Waals surface area contributed by atoms with Crippen LogP contribution in [-0.4, -0.2) is 37.2 Å². The molecule has 0 aromatic heterocycles. The molecule has 0 radical (unpaired) electrons. The number of hydrogen-bond acceptors (Lipinski definition) is 6. The highest BCUT2D eigenvalue weighted by Gasteiger charge is 2.19. The average molecular weight is 733 g/mol. The lowest BCUT2D eigenvalue weighted by Gasteiger charge is -2.18. The number of rotatable bonds is 40. The highest BCUT2D eigenvalue weighted by Crippen LogP contribution is 2.15. The number of allylic oxidation sites excluding steroid dienone is 4. The molecule has 0 bridgehead atoms. The molecule has 0 spiro atoms. The molecule has 0 saturated carbocycles. The summed E-state index contributed by atoms with van der Waals surface area (Å²) < 4.78 is 16.6. The van der Waals surface area contributed by atoms with E-state index in [9.17, 15) is 14.4 Å². The van der Waals surface area contributed by atoms with Crippen LogP contribution in [0.3, 0.4) is 0 Å². The first-order valence-electron chi connectivity index (χ1n) is 22.3. The summed E-state index contributed by atoms with van der Waals surface area (Å²) in [5, 5.41) is 0. The zero-order valence-corrected chi connectivity index (χ0v) is 34.6. The van der Waals surface area contributed by atoms with E-state index in [2.05, 4.69) is 45.1 Å². The summed E-state index contributed by atoms with van der Waals surface area (Å²) in [7, 11) is 0. The molecule has 304 valence electrons. The molecular weight excluding hydrogens is 649 g/mol. The molecule has 0 N–H and O–H groups in total. The Morgan fingerprint density at radius 1 is 0.404 bits per heavy atom. The van der Waals surface area contributed by atoms with Gasteiger partial charge in [0.1, 0.15) is 13.2 Å². The lowest BCUT2D eigenvalue weighted by atomic mass is 10.0. The van der Waals surface area contributed by atoms with Gasteiger partial charge in [-0.1, -0.05) is 193 Å². The van der Waals surface area contributed by atoms with Gasteiger partial charge in [0.05, 0.1) is 0 Å². The van der Waals surface area contributed by atoms with Crippen molar-refractivity contribution in [3.8, 4) is 0 Å². The second-order valence-electron chi connectivity index (χ2n) is 14.9. The second kappa shape index (κ2) is 41.6. The third kappa shape index (κ3) is 39.1. The Kier molecular flexibility index (Phi) is 40.0. The summed E-state index contributed by atoms with van der Waals surface area (Å²) in [6.07, 6.45) is 44.6. The standard InChI is InChI=1S/C46H84O6/c1-4-7-10-13-16-19-21-22-23-24-25-28-30-33-36-39-45(48)51-42-43(41-50-44(47)38-35-32-29-26-18-15-12-9-6-3)52-46(49)40-37-34-31-27-20-17-14-11-8-5-2/h9,12,18,26,43H,4-8,10-11,13-17,19-25,27-42H2,1-3H3/b12-9-,26-18-. The molecule has 0 aromatic rings. The van der Waals surface area contributed by atoms with Crippen LogP contribution in [0.5, 0.6) is 0 Å². The molecule has 0 rings (SSSR count). The van der Waals surface area contributed by atoms with Gasteiger partial charge in [-0.15, -0.1) is 0 Å². The first-order chi connectivity index (χ1) is 25.5. The Bertz CT molecular complexity index is 850. The number of unbranched alkanes of at least 4 members (excludes halogenated alkanes) is 25. The van der Waals surface area contributed by atoms with Gasteiger partial charge in [-0.2, -0.15) is 0 Å². The monoisotopic (exact) mass is 733 g/mol. The molecule has 0 aromatic carbocycles. The quantitative estimate of drug-likeness (QED) is 0.0270. The third-order valence-corrected chi connectivity index (χ3v) is 9.72. The van der Waals surface area contributed by atoms with E-state index in [0.29, 0.717) is 19.3 Å². The molecule has 0 aliphatic heterocycles. The highest BCUT2D eigenvalue weighted by atomic mass is 16.6. The number of esters is 3. The van der Waals surface area contributed by atoms with Crippen LogP contribution in [0.4, 0.5) is 0 Å². The maximum atomic E-state index is 12.6. The van der Waals surface area contributed by atoms with Crippen molar-refractivity contribution in [1.29, 1.82) is 0 Å². The van der Waals surface area contributed by atoms with E-state index in [4.69, 9.17) is 14.2 Å². The van der Waals surface area contributed by atoms with Crippen LogP contribution in [0.1, 0.15) is 233 Å². The number of ether oxygens (including phenoxy) is 3. The van der Waals surface area contributed by atoms with Crippen molar-refractivity contribution in [3.05, 3.63) is 24.3 Å². The van der Waals surface area contributed by atoms with E-state index in [0.717, 1.165) is 70.6 Å². The summed E-state index contributed by atoms with van der Waals surface area (Å²) in [5.74, 6) is -0.913. The zero-order chi connectivity index (χ0) is 38.0. The zero-order valence-electron chi connectivity index (χ0n) is 34.6. The Morgan fingerprint density at radius 2 is 0.750 bits per heavy atom. The van der Waals surface area contributed by atoms with Gasteiger partial charge in [-0.05, 0) is 44.9 Å². The molecular formula is C46H84O6. The summed E-state index contributed by atoms with van der Waals surface area (Å²) in [5.41, 5.74) is 0. The van der Waals surface area contributed by atoms with E-state index < -0.39 is 6.10 Å². The van der Waals surface area contributed by atoms with Crippen LogP contribution in [0.25, 0.3) is 0 Å². The van der Waals surface area contributed by atoms with Gasteiger partial charge in [0.25, 0.3) is 0 Å². The Hall–Kier alpha value is -2.11. The minimum Gasteiger partial charge on any atom is -0.462 e. The lowest BCUT2D eigenvalue weighted by Crippen LogP contribution is -2.30. The van der Waals surface area contributed by atoms with E-state index >= 15 is 0 Å². The lowest BCUT2D eigenvalue weighted by molar-refractivity contribution is -0.167. The molecule has 1 atom stereocenters. The molecule has 0 fully saturated rings. The number of hydrogen-bond donors (Lipinski definition) is 0. The van der Waals surface area contributed by atoms with Crippen LogP contribution in [0.15, 0.2) is 24.3 Å². The fourth-order valence-corrected chi connectivity index (χ4v) is 6.36. The predicted octanol–water partition coefficient (Wildman–Crippen LogP) is 14.0. The van der Waals surface area contributed by atoms with Crippen LogP contribution >= 0.6 is 0 Å². The van der Waals surface area contributed by atoms with E-state index in [1.165, 1.54) is 122 Å². The first-order valence-corrected chi connectivity index (χ1v) is 22.3. The smallest absolute Gasteiger partial charge is 0.306 e. The topological polar surface area (TPSA) is 78.9 Å². The Morgan fingerprint density at radius 3 is 1.15 bits per heavy atom. The number of carbonyl (C=O) groups is 3. The molecule has 52 heavy (non-hydrogen) atoms. The summed E-state index contributed by atoms with van der Waals surface area (Å²) in [6.45, 7) is 6.47. The van der Waals surface area contributed by atoms with Crippen molar-refractivity contribution in [2.75, 3.05) is 13.2 Å². The Balaban J connectivity index is 4.31. The normalized spacial score (nSPS) is 12.1. The summed E-state index contributed by atoms with van der Waals surface area (Å²) in [6, 6.07) is 0. The largest absolute Gasteiger partial charge is 0.462 e. The van der Waals surface area contributed by atoms with Gasteiger partial charge in [0.15, 0.2) is 6.10 Å². The van der Waals surface area contributed by atoms with Gasteiger partial charge >= 0.3 is 17.9 Å². The molecule has 0 heterocycles. The van der Waals surface area contributed by atoms with Crippen LogP contribution in [0, 0.1) is 0 Å². The van der Waals surface area contributed by atoms with Crippen molar-refractivity contribution < 1.29 is 28.6 Å². The van der Waals surface area contributed by atoms with Crippen LogP contribution in [0.2, 0.25) is 0 Å². The molecule has 0 aliphatic rings. The van der Waals surface area contributed by atoms with Gasteiger partial charge in [-0.3, -0.25) is 14.4 Å². The second-order valence-corrected chi connectivity index (χ2v) is 14.9. The van der Waals surface area contributed by atoms with Crippen LogP contribution in [-0.2, 0) is 28.6 Å². The van der Waals surface area contributed by atoms with Gasteiger partial charge < -0.3 is 14.2 Å². The van der Waals surface area contributed by atoms with Gasteiger partial charge in [-0.25, -0.2) is 0 Å². The van der Waals surface area contributed by atoms with Gasteiger partial charge in [0.2, 0.25) is 0 Å². The van der Waals surface area contributed by atoms with Crippen molar-refractivity contribution in [3.63, 3.8) is 0 Å². The average Bonchev–Trinajstić information content (AvgIpc) is 3.14. The van der Waals surface area contributed by atoms with Crippen molar-refractivity contribution in [1.82, 2.24) is 0 Å². The maximum Gasteiger partial charge on any atom is 0.306 e.